The van der Waals surface area contributed by atoms with Gasteiger partial charge in [0.2, 0.25) is 0 Å². The molecule has 1 heterocycles. The van der Waals surface area contributed by atoms with Crippen molar-refractivity contribution in [1.82, 2.24) is 9.80 Å². The average Bonchev–Trinajstić information content (AvgIpc) is 3.01. The smallest absolute Gasteiger partial charge is 0.295 e. The number of carbonyl (C=O) groups excluding carboxylic acids is 2. The maximum atomic E-state index is 13.9. The summed E-state index contributed by atoms with van der Waals surface area (Å²) in [6.45, 7) is 0.786. The van der Waals surface area contributed by atoms with E-state index in [1.807, 2.05) is 19.0 Å². The van der Waals surface area contributed by atoms with Crippen molar-refractivity contribution in [2.75, 3.05) is 41.4 Å². The van der Waals surface area contributed by atoms with Crippen molar-refractivity contribution in [2.24, 2.45) is 0 Å². The number of amides is 1. The van der Waals surface area contributed by atoms with Crippen LogP contribution in [0.15, 0.2) is 48.0 Å². The lowest BCUT2D eigenvalue weighted by Crippen LogP contribution is -2.35. The number of likely N-dealkylation sites (N-methyl/N-ethyl adjacent to an activating group) is 1. The summed E-state index contributed by atoms with van der Waals surface area (Å²) < 4.78 is 24.3. The summed E-state index contributed by atoms with van der Waals surface area (Å²) in [4.78, 5) is 29.2. The van der Waals surface area contributed by atoms with Gasteiger partial charge in [-0.3, -0.25) is 9.59 Å². The first-order valence-corrected chi connectivity index (χ1v) is 9.69. The first kappa shape index (κ1) is 22.3. The topological polar surface area (TPSA) is 79.3 Å². The number of rotatable bonds is 7. The van der Waals surface area contributed by atoms with Gasteiger partial charge in [0.05, 0.1) is 31.4 Å². The van der Waals surface area contributed by atoms with Crippen LogP contribution in [0.3, 0.4) is 0 Å². The lowest BCUT2D eigenvalue weighted by Gasteiger charge is -2.26. The van der Waals surface area contributed by atoms with Crippen LogP contribution in [0.4, 0.5) is 4.39 Å². The first-order chi connectivity index (χ1) is 14.8. The van der Waals surface area contributed by atoms with Crippen LogP contribution in [-0.2, 0) is 9.59 Å². The number of methoxy groups -OCH3 is 2. The number of ether oxygens (including phenoxy) is 2. The van der Waals surface area contributed by atoms with E-state index >= 15 is 0 Å². The molecule has 1 amide bonds. The van der Waals surface area contributed by atoms with E-state index in [1.165, 1.54) is 31.3 Å². The standard InChI is InChI=1S/C23H25FN2O5/c1-25(2)11-12-26-20(14-5-8-16(30-3)9-6-14)19(22(28)23(26)29)21(27)17-13-15(24)7-10-18(17)31-4/h5-10,13,20,27H,11-12H2,1-4H3. The summed E-state index contributed by atoms with van der Waals surface area (Å²) in [5.41, 5.74) is 0.514. The van der Waals surface area contributed by atoms with Crippen LogP contribution in [-0.4, -0.2) is 68.0 Å². The molecule has 0 aromatic heterocycles. The Kier molecular flexibility index (Phi) is 6.60. The Labute approximate surface area is 180 Å². The average molecular weight is 428 g/mol. The second-order valence-electron chi connectivity index (χ2n) is 7.41. The summed E-state index contributed by atoms with van der Waals surface area (Å²) in [5.74, 6) is -1.84. The predicted octanol–water partition coefficient (Wildman–Crippen LogP) is 2.83. The lowest BCUT2D eigenvalue weighted by atomic mass is 9.95. The van der Waals surface area contributed by atoms with Crippen LogP contribution in [0.25, 0.3) is 5.76 Å². The number of aliphatic hydroxyl groups excluding tert-OH is 1. The highest BCUT2D eigenvalue weighted by molar-refractivity contribution is 6.46. The summed E-state index contributed by atoms with van der Waals surface area (Å²) in [5, 5.41) is 11.1. The van der Waals surface area contributed by atoms with Crippen molar-refractivity contribution in [2.45, 2.75) is 6.04 Å². The molecule has 164 valence electrons. The van der Waals surface area contributed by atoms with Crippen molar-refractivity contribution in [3.8, 4) is 11.5 Å². The summed E-state index contributed by atoms with van der Waals surface area (Å²) in [7, 11) is 6.63. The van der Waals surface area contributed by atoms with E-state index in [0.29, 0.717) is 17.9 Å². The highest BCUT2D eigenvalue weighted by Gasteiger charge is 2.46. The fourth-order valence-corrected chi connectivity index (χ4v) is 3.56. The Balaban J connectivity index is 2.19. The molecule has 2 aromatic rings. The minimum Gasteiger partial charge on any atom is -0.507 e. The Hall–Kier alpha value is -3.39. The van der Waals surface area contributed by atoms with Gasteiger partial charge in [0.1, 0.15) is 23.1 Å². The SMILES string of the molecule is COc1ccc(C2C(=C(O)c3cc(F)ccc3OC)C(=O)C(=O)N2CCN(C)C)cc1. The van der Waals surface area contributed by atoms with Gasteiger partial charge in [-0.2, -0.15) is 0 Å². The van der Waals surface area contributed by atoms with Crippen molar-refractivity contribution >= 4 is 17.4 Å². The molecule has 1 unspecified atom stereocenters. The second kappa shape index (κ2) is 9.18. The molecular formula is C23H25FN2O5. The number of halogens is 1. The van der Waals surface area contributed by atoms with Gasteiger partial charge >= 0.3 is 0 Å². The van der Waals surface area contributed by atoms with Gasteiger partial charge in [-0.25, -0.2) is 4.39 Å². The predicted molar refractivity (Wildman–Crippen MR) is 114 cm³/mol. The molecule has 1 saturated heterocycles. The number of Topliss-reactive ketones (excluding diaryl/α,β-unsaturated/α-hetero) is 1. The molecule has 7 nitrogen and oxygen atoms in total. The molecule has 3 rings (SSSR count). The number of hydrogen-bond donors (Lipinski definition) is 1. The zero-order valence-electron chi connectivity index (χ0n) is 17.9. The molecular weight excluding hydrogens is 403 g/mol. The van der Waals surface area contributed by atoms with Gasteiger partial charge in [0.15, 0.2) is 0 Å². The molecule has 31 heavy (non-hydrogen) atoms. The molecule has 1 N–H and O–H groups in total. The Morgan fingerprint density at radius 2 is 1.77 bits per heavy atom. The number of aliphatic hydroxyl groups is 1. The zero-order chi connectivity index (χ0) is 22.7. The third-order valence-electron chi connectivity index (χ3n) is 5.18. The third-order valence-corrected chi connectivity index (χ3v) is 5.18. The molecule has 0 saturated carbocycles. The quantitative estimate of drug-likeness (QED) is 0.415. The number of likely N-dealkylation sites (tertiary alicyclic amines) is 1. The molecule has 0 radical (unpaired) electrons. The van der Waals surface area contributed by atoms with Crippen LogP contribution in [0.2, 0.25) is 0 Å². The highest BCUT2D eigenvalue weighted by Crippen LogP contribution is 2.41. The van der Waals surface area contributed by atoms with E-state index in [0.717, 1.165) is 6.07 Å². The van der Waals surface area contributed by atoms with Crippen LogP contribution in [0.5, 0.6) is 11.5 Å². The summed E-state index contributed by atoms with van der Waals surface area (Å²) >= 11 is 0. The number of ketones is 1. The molecule has 0 bridgehead atoms. The second-order valence-corrected chi connectivity index (χ2v) is 7.41. The summed E-state index contributed by atoms with van der Waals surface area (Å²) in [6, 6.07) is 9.67. The van der Waals surface area contributed by atoms with Crippen molar-refractivity contribution in [3.63, 3.8) is 0 Å². The molecule has 0 aliphatic carbocycles. The maximum absolute atomic E-state index is 13.9. The van der Waals surface area contributed by atoms with Gasteiger partial charge < -0.3 is 24.4 Å². The van der Waals surface area contributed by atoms with E-state index in [1.54, 1.807) is 24.3 Å². The minimum absolute atomic E-state index is 0.00613. The number of hydrogen-bond acceptors (Lipinski definition) is 6. The van der Waals surface area contributed by atoms with E-state index in [4.69, 9.17) is 9.47 Å². The molecule has 2 aromatic carbocycles. The van der Waals surface area contributed by atoms with E-state index in [2.05, 4.69) is 0 Å². The van der Waals surface area contributed by atoms with Crippen molar-refractivity contribution in [3.05, 3.63) is 65.0 Å². The Morgan fingerprint density at radius 3 is 2.35 bits per heavy atom. The van der Waals surface area contributed by atoms with Gasteiger partial charge in [-0.15, -0.1) is 0 Å². The van der Waals surface area contributed by atoms with Gasteiger partial charge in [0, 0.05) is 13.1 Å². The number of carbonyl (C=O) groups is 2. The molecule has 1 atom stereocenters. The molecule has 1 aliphatic rings. The number of nitrogens with zero attached hydrogens (tertiary/aromatic N) is 2. The summed E-state index contributed by atoms with van der Waals surface area (Å²) in [6.07, 6.45) is 0. The molecule has 8 heteroatoms. The molecule has 0 spiro atoms. The van der Waals surface area contributed by atoms with Gasteiger partial charge in [-0.05, 0) is 50.0 Å². The molecule has 1 fully saturated rings. The minimum atomic E-state index is -0.834. The fraction of sp³-hybridized carbons (Fsp3) is 0.304. The van der Waals surface area contributed by atoms with Crippen LogP contribution in [0.1, 0.15) is 17.2 Å². The van der Waals surface area contributed by atoms with Crippen molar-refractivity contribution < 1.29 is 28.6 Å². The monoisotopic (exact) mass is 428 g/mol. The first-order valence-electron chi connectivity index (χ1n) is 9.69. The van der Waals surface area contributed by atoms with E-state index < -0.39 is 29.3 Å². The largest absolute Gasteiger partial charge is 0.507 e. The lowest BCUT2D eigenvalue weighted by molar-refractivity contribution is -0.140. The number of benzene rings is 2. The van der Waals surface area contributed by atoms with Gasteiger partial charge in [-0.1, -0.05) is 12.1 Å². The molecule has 1 aliphatic heterocycles. The zero-order valence-corrected chi connectivity index (χ0v) is 17.9. The van der Waals surface area contributed by atoms with E-state index in [9.17, 15) is 19.1 Å². The van der Waals surface area contributed by atoms with Crippen molar-refractivity contribution in [1.29, 1.82) is 0 Å². The Morgan fingerprint density at radius 1 is 1.10 bits per heavy atom. The highest BCUT2D eigenvalue weighted by atomic mass is 19.1. The Bertz CT molecular complexity index is 1020. The maximum Gasteiger partial charge on any atom is 0.295 e. The van der Waals surface area contributed by atoms with Gasteiger partial charge in [0.25, 0.3) is 11.7 Å². The van der Waals surface area contributed by atoms with Crippen LogP contribution in [0, 0.1) is 5.82 Å². The fourth-order valence-electron chi connectivity index (χ4n) is 3.56. The third kappa shape index (κ3) is 4.39. The van der Waals surface area contributed by atoms with E-state index in [-0.39, 0.29) is 23.4 Å². The normalized spacial score (nSPS) is 18.0. The van der Waals surface area contributed by atoms with Crippen LogP contribution >= 0.6 is 0 Å². The van der Waals surface area contributed by atoms with Crippen LogP contribution < -0.4 is 9.47 Å².